The first kappa shape index (κ1) is 8.81. The van der Waals surface area contributed by atoms with Crippen LogP contribution in [0.15, 0.2) is 41.0 Å². The van der Waals surface area contributed by atoms with E-state index in [-0.39, 0.29) is 0 Å². The van der Waals surface area contributed by atoms with Crippen LogP contribution in [0.25, 0.3) is 0 Å². The maximum absolute atomic E-state index is 5.20. The Hall–Kier alpha value is -1.77. The fraction of sp³-hybridized carbons (Fsp3) is 0.182. The van der Waals surface area contributed by atoms with Gasteiger partial charge in [-0.15, -0.1) is 0 Å². The van der Waals surface area contributed by atoms with Gasteiger partial charge in [0, 0.05) is 5.69 Å². The number of anilines is 1. The minimum Gasteiger partial charge on any atom is -0.467 e. The first-order valence-corrected chi connectivity index (χ1v) is 4.54. The Morgan fingerprint density at radius 2 is 2.21 bits per heavy atom. The summed E-state index contributed by atoms with van der Waals surface area (Å²) in [6.45, 7) is 2.64. The first-order chi connectivity index (χ1) is 6.84. The molecule has 0 amide bonds. The molecule has 2 aromatic rings. The predicted molar refractivity (Wildman–Crippen MR) is 55.0 cm³/mol. The van der Waals surface area contributed by atoms with Gasteiger partial charge in [0.05, 0.1) is 12.8 Å². The van der Waals surface area contributed by atoms with E-state index in [1.54, 1.807) is 6.26 Å². The van der Waals surface area contributed by atoms with Gasteiger partial charge in [-0.3, -0.25) is 0 Å². The van der Waals surface area contributed by atoms with E-state index in [0.29, 0.717) is 6.54 Å². The lowest BCUT2D eigenvalue weighted by atomic mass is 10.3. The van der Waals surface area contributed by atoms with Gasteiger partial charge in [-0.05, 0) is 31.2 Å². The lowest BCUT2D eigenvalue weighted by Crippen LogP contribution is -2.00. The second-order valence-corrected chi connectivity index (χ2v) is 3.10. The number of nitrogens with one attached hydrogen (secondary N) is 1. The van der Waals surface area contributed by atoms with Crippen LogP contribution in [0.3, 0.4) is 0 Å². The number of aromatic nitrogens is 1. The van der Waals surface area contributed by atoms with Gasteiger partial charge < -0.3 is 9.73 Å². The highest BCUT2D eigenvalue weighted by atomic mass is 16.3. The van der Waals surface area contributed by atoms with Crippen LogP contribution in [0.1, 0.15) is 11.5 Å². The van der Waals surface area contributed by atoms with E-state index < -0.39 is 0 Å². The maximum Gasteiger partial charge on any atom is 0.126 e. The lowest BCUT2D eigenvalue weighted by Gasteiger charge is -2.03. The van der Waals surface area contributed by atoms with Gasteiger partial charge in [0.25, 0.3) is 0 Å². The van der Waals surface area contributed by atoms with E-state index in [4.69, 9.17) is 4.42 Å². The first-order valence-electron chi connectivity index (χ1n) is 4.54. The highest BCUT2D eigenvalue weighted by molar-refractivity contribution is 5.35. The van der Waals surface area contributed by atoms with Crippen molar-refractivity contribution in [2.24, 2.45) is 0 Å². The SMILES string of the molecule is Cc1cccc(NCc2ccco2)n1. The van der Waals surface area contributed by atoms with Crippen LogP contribution in [-0.2, 0) is 6.54 Å². The third-order valence-corrected chi connectivity index (χ3v) is 1.91. The summed E-state index contributed by atoms with van der Waals surface area (Å²) in [7, 11) is 0. The van der Waals surface area contributed by atoms with Gasteiger partial charge >= 0.3 is 0 Å². The lowest BCUT2D eigenvalue weighted by molar-refractivity contribution is 0.518. The van der Waals surface area contributed by atoms with Crippen molar-refractivity contribution >= 4 is 5.82 Å². The zero-order chi connectivity index (χ0) is 9.80. The maximum atomic E-state index is 5.20. The second kappa shape index (κ2) is 3.96. The number of hydrogen-bond donors (Lipinski definition) is 1. The molecule has 0 aromatic carbocycles. The van der Waals surface area contributed by atoms with Gasteiger partial charge in [0.1, 0.15) is 11.6 Å². The van der Waals surface area contributed by atoms with Gasteiger partial charge in [0.2, 0.25) is 0 Å². The number of furan rings is 1. The van der Waals surface area contributed by atoms with E-state index in [0.717, 1.165) is 17.3 Å². The number of aryl methyl sites for hydroxylation is 1. The molecular weight excluding hydrogens is 176 g/mol. The summed E-state index contributed by atoms with van der Waals surface area (Å²) in [4.78, 5) is 4.32. The van der Waals surface area contributed by atoms with Gasteiger partial charge in [-0.1, -0.05) is 6.07 Å². The smallest absolute Gasteiger partial charge is 0.126 e. The molecule has 0 saturated heterocycles. The molecule has 1 N–H and O–H groups in total. The van der Waals surface area contributed by atoms with Crippen molar-refractivity contribution in [3.63, 3.8) is 0 Å². The molecule has 3 nitrogen and oxygen atoms in total. The van der Waals surface area contributed by atoms with Crippen molar-refractivity contribution in [3.05, 3.63) is 48.0 Å². The van der Waals surface area contributed by atoms with E-state index in [1.165, 1.54) is 0 Å². The normalized spacial score (nSPS) is 10.1. The summed E-state index contributed by atoms with van der Waals surface area (Å²) < 4.78 is 5.20. The largest absolute Gasteiger partial charge is 0.467 e. The quantitative estimate of drug-likeness (QED) is 0.804. The zero-order valence-corrected chi connectivity index (χ0v) is 8.03. The van der Waals surface area contributed by atoms with Crippen LogP contribution in [0.2, 0.25) is 0 Å². The molecule has 0 unspecified atom stereocenters. The van der Waals surface area contributed by atoms with Gasteiger partial charge in [0.15, 0.2) is 0 Å². The molecule has 3 heteroatoms. The Morgan fingerprint density at radius 1 is 1.29 bits per heavy atom. The summed E-state index contributed by atoms with van der Waals surface area (Å²) >= 11 is 0. The third kappa shape index (κ3) is 2.13. The standard InChI is InChI=1S/C11H12N2O/c1-9-4-2-6-11(13-9)12-8-10-5-3-7-14-10/h2-7H,8H2,1H3,(H,12,13). The van der Waals surface area contributed by atoms with Crippen LogP contribution in [0, 0.1) is 6.92 Å². The number of nitrogens with zero attached hydrogens (tertiary/aromatic N) is 1. The minimum absolute atomic E-state index is 0.670. The van der Waals surface area contributed by atoms with E-state index in [1.807, 2.05) is 37.3 Å². The molecule has 0 radical (unpaired) electrons. The van der Waals surface area contributed by atoms with Crippen LogP contribution < -0.4 is 5.32 Å². The van der Waals surface area contributed by atoms with Crippen molar-refractivity contribution in [2.75, 3.05) is 5.32 Å². The molecule has 2 heterocycles. The van der Waals surface area contributed by atoms with Crippen LogP contribution >= 0.6 is 0 Å². The van der Waals surface area contributed by atoms with Crippen molar-refractivity contribution in [1.29, 1.82) is 0 Å². The van der Waals surface area contributed by atoms with Crippen LogP contribution in [-0.4, -0.2) is 4.98 Å². The van der Waals surface area contributed by atoms with E-state index >= 15 is 0 Å². The molecule has 0 aliphatic rings. The Kier molecular flexibility index (Phi) is 2.49. The van der Waals surface area contributed by atoms with Crippen LogP contribution in [0.5, 0.6) is 0 Å². The molecule has 72 valence electrons. The Balaban J connectivity index is 1.98. The Labute approximate surface area is 82.8 Å². The molecule has 0 atom stereocenters. The molecule has 0 aliphatic heterocycles. The summed E-state index contributed by atoms with van der Waals surface area (Å²) in [5.41, 5.74) is 1.01. The fourth-order valence-corrected chi connectivity index (χ4v) is 1.23. The Morgan fingerprint density at radius 3 is 2.93 bits per heavy atom. The monoisotopic (exact) mass is 188 g/mol. The van der Waals surface area contributed by atoms with Crippen molar-refractivity contribution in [2.45, 2.75) is 13.5 Å². The minimum atomic E-state index is 0.670. The third-order valence-electron chi connectivity index (χ3n) is 1.91. The highest BCUT2D eigenvalue weighted by Gasteiger charge is 1.96. The topological polar surface area (TPSA) is 38.1 Å². The second-order valence-electron chi connectivity index (χ2n) is 3.10. The van der Waals surface area contributed by atoms with Crippen LogP contribution in [0.4, 0.5) is 5.82 Å². The summed E-state index contributed by atoms with van der Waals surface area (Å²) in [6.07, 6.45) is 1.67. The summed E-state index contributed by atoms with van der Waals surface area (Å²) in [6, 6.07) is 9.70. The molecule has 0 saturated carbocycles. The number of rotatable bonds is 3. The van der Waals surface area contributed by atoms with Crippen molar-refractivity contribution < 1.29 is 4.42 Å². The number of hydrogen-bond acceptors (Lipinski definition) is 3. The molecule has 2 aromatic heterocycles. The average molecular weight is 188 g/mol. The summed E-state index contributed by atoms with van der Waals surface area (Å²) in [5.74, 6) is 1.79. The Bertz CT molecular complexity index is 395. The molecule has 0 spiro atoms. The zero-order valence-electron chi connectivity index (χ0n) is 8.03. The molecule has 0 fully saturated rings. The molecule has 0 aliphatic carbocycles. The number of pyridine rings is 1. The molecule has 2 rings (SSSR count). The molecule has 14 heavy (non-hydrogen) atoms. The van der Waals surface area contributed by atoms with Crippen molar-refractivity contribution in [1.82, 2.24) is 4.98 Å². The van der Waals surface area contributed by atoms with E-state index in [9.17, 15) is 0 Å². The summed E-state index contributed by atoms with van der Waals surface area (Å²) in [5, 5.41) is 3.18. The van der Waals surface area contributed by atoms with Crippen molar-refractivity contribution in [3.8, 4) is 0 Å². The van der Waals surface area contributed by atoms with Gasteiger partial charge in [-0.25, -0.2) is 4.98 Å². The molecular formula is C11H12N2O. The predicted octanol–water partition coefficient (Wildman–Crippen LogP) is 2.60. The molecule has 0 bridgehead atoms. The average Bonchev–Trinajstić information content (AvgIpc) is 2.67. The highest BCUT2D eigenvalue weighted by Crippen LogP contribution is 2.07. The van der Waals surface area contributed by atoms with E-state index in [2.05, 4.69) is 10.3 Å². The fourth-order valence-electron chi connectivity index (χ4n) is 1.23. The van der Waals surface area contributed by atoms with Gasteiger partial charge in [-0.2, -0.15) is 0 Å².